The topological polar surface area (TPSA) is 15.3 Å². The van der Waals surface area contributed by atoms with Crippen LogP contribution in [0.4, 0.5) is 11.4 Å². The predicted molar refractivity (Wildman–Crippen MR) is 86.5 cm³/mol. The summed E-state index contributed by atoms with van der Waals surface area (Å²) in [4.78, 5) is 2.49. The van der Waals surface area contributed by atoms with Gasteiger partial charge in [0.25, 0.3) is 0 Å². The normalized spacial score (nSPS) is 14.4. The molecule has 0 bridgehead atoms. The quantitative estimate of drug-likeness (QED) is 0.879. The Morgan fingerprint density at radius 2 is 1.80 bits per heavy atom. The highest BCUT2D eigenvalue weighted by molar-refractivity contribution is 5.70. The highest BCUT2D eigenvalue weighted by Gasteiger charge is 2.14. The molecule has 0 saturated carbocycles. The van der Waals surface area contributed by atoms with Crippen molar-refractivity contribution in [3.05, 3.63) is 59.2 Å². The van der Waals surface area contributed by atoms with Crippen molar-refractivity contribution in [1.82, 2.24) is 0 Å². The van der Waals surface area contributed by atoms with Gasteiger partial charge in [0.05, 0.1) is 11.4 Å². The van der Waals surface area contributed by atoms with E-state index in [0.29, 0.717) is 0 Å². The van der Waals surface area contributed by atoms with Crippen LogP contribution in [0.5, 0.6) is 0 Å². The van der Waals surface area contributed by atoms with Crippen LogP contribution in [0, 0.1) is 13.8 Å². The van der Waals surface area contributed by atoms with Crippen LogP contribution in [0.3, 0.4) is 0 Å². The summed E-state index contributed by atoms with van der Waals surface area (Å²) in [7, 11) is 0. The molecule has 0 unspecified atom stereocenters. The van der Waals surface area contributed by atoms with Crippen LogP contribution in [0.15, 0.2) is 42.5 Å². The van der Waals surface area contributed by atoms with Gasteiger partial charge in [-0.25, -0.2) is 0 Å². The van der Waals surface area contributed by atoms with E-state index in [1.165, 1.54) is 34.5 Å². The van der Waals surface area contributed by atoms with E-state index in [-0.39, 0.29) is 0 Å². The van der Waals surface area contributed by atoms with E-state index in [0.717, 1.165) is 19.6 Å². The van der Waals surface area contributed by atoms with Crippen LogP contribution in [-0.2, 0) is 6.54 Å². The van der Waals surface area contributed by atoms with Crippen LogP contribution < -0.4 is 10.2 Å². The van der Waals surface area contributed by atoms with Gasteiger partial charge in [0, 0.05) is 19.6 Å². The van der Waals surface area contributed by atoms with Crippen molar-refractivity contribution in [2.75, 3.05) is 23.3 Å². The van der Waals surface area contributed by atoms with E-state index in [4.69, 9.17) is 0 Å². The Bertz CT molecular complexity index is 584. The SMILES string of the molecule is Cc1cc(C)cc(CN2CCCNc3ccccc32)c1. The first-order valence-electron chi connectivity index (χ1n) is 7.37. The van der Waals surface area contributed by atoms with Gasteiger partial charge >= 0.3 is 0 Å². The Morgan fingerprint density at radius 1 is 1.05 bits per heavy atom. The summed E-state index contributed by atoms with van der Waals surface area (Å²) in [5.74, 6) is 0. The van der Waals surface area contributed by atoms with Crippen LogP contribution in [0.1, 0.15) is 23.1 Å². The van der Waals surface area contributed by atoms with Crippen molar-refractivity contribution in [2.24, 2.45) is 0 Å². The number of nitrogens with one attached hydrogen (secondary N) is 1. The van der Waals surface area contributed by atoms with Gasteiger partial charge < -0.3 is 10.2 Å². The molecule has 0 saturated heterocycles. The number of hydrogen-bond donors (Lipinski definition) is 1. The fourth-order valence-corrected chi connectivity index (χ4v) is 3.06. The molecule has 0 atom stereocenters. The molecule has 3 rings (SSSR count). The van der Waals surface area contributed by atoms with Gasteiger partial charge in [-0.3, -0.25) is 0 Å². The molecule has 1 heterocycles. The molecule has 2 aromatic carbocycles. The molecule has 20 heavy (non-hydrogen) atoms. The lowest BCUT2D eigenvalue weighted by molar-refractivity contribution is 0.763. The minimum absolute atomic E-state index is 0.987. The Kier molecular flexibility index (Phi) is 3.64. The zero-order valence-electron chi connectivity index (χ0n) is 12.3. The second-order valence-electron chi connectivity index (χ2n) is 5.71. The highest BCUT2D eigenvalue weighted by atomic mass is 15.2. The third kappa shape index (κ3) is 2.79. The van der Waals surface area contributed by atoms with Crippen LogP contribution in [0.2, 0.25) is 0 Å². The number of rotatable bonds is 2. The van der Waals surface area contributed by atoms with E-state index in [1.54, 1.807) is 0 Å². The second-order valence-corrected chi connectivity index (χ2v) is 5.71. The van der Waals surface area contributed by atoms with Gasteiger partial charge in [-0.15, -0.1) is 0 Å². The molecule has 1 aliphatic rings. The van der Waals surface area contributed by atoms with Crippen molar-refractivity contribution >= 4 is 11.4 Å². The van der Waals surface area contributed by atoms with Gasteiger partial charge in [-0.2, -0.15) is 0 Å². The molecular weight excluding hydrogens is 244 g/mol. The van der Waals surface area contributed by atoms with E-state index in [9.17, 15) is 0 Å². The van der Waals surface area contributed by atoms with Gasteiger partial charge in [-0.1, -0.05) is 41.5 Å². The zero-order valence-corrected chi connectivity index (χ0v) is 12.3. The number of benzene rings is 2. The number of nitrogens with zero attached hydrogens (tertiary/aromatic N) is 1. The molecule has 0 radical (unpaired) electrons. The molecule has 0 fully saturated rings. The number of para-hydroxylation sites is 2. The van der Waals surface area contributed by atoms with Crippen molar-refractivity contribution in [2.45, 2.75) is 26.8 Å². The zero-order chi connectivity index (χ0) is 13.9. The van der Waals surface area contributed by atoms with E-state index >= 15 is 0 Å². The number of hydrogen-bond acceptors (Lipinski definition) is 2. The lowest BCUT2D eigenvalue weighted by Crippen LogP contribution is -2.23. The average Bonchev–Trinajstić information content (AvgIpc) is 2.61. The Labute approximate surface area is 121 Å². The molecule has 0 aromatic heterocycles. The van der Waals surface area contributed by atoms with E-state index in [1.807, 2.05) is 0 Å². The summed E-state index contributed by atoms with van der Waals surface area (Å²) in [5, 5.41) is 3.52. The van der Waals surface area contributed by atoms with E-state index in [2.05, 4.69) is 66.5 Å². The highest BCUT2D eigenvalue weighted by Crippen LogP contribution is 2.29. The fourth-order valence-electron chi connectivity index (χ4n) is 3.06. The van der Waals surface area contributed by atoms with Gasteiger partial charge in [0.1, 0.15) is 0 Å². The fraction of sp³-hybridized carbons (Fsp3) is 0.333. The van der Waals surface area contributed by atoms with Gasteiger partial charge in [0.15, 0.2) is 0 Å². The molecule has 2 heteroatoms. The first kappa shape index (κ1) is 13.0. The summed E-state index contributed by atoms with van der Waals surface area (Å²) in [6.07, 6.45) is 1.18. The monoisotopic (exact) mass is 266 g/mol. The van der Waals surface area contributed by atoms with Crippen molar-refractivity contribution < 1.29 is 0 Å². The van der Waals surface area contributed by atoms with Crippen LogP contribution in [-0.4, -0.2) is 13.1 Å². The average molecular weight is 266 g/mol. The lowest BCUT2D eigenvalue weighted by atomic mass is 10.1. The maximum atomic E-state index is 3.52. The van der Waals surface area contributed by atoms with Crippen molar-refractivity contribution in [1.29, 1.82) is 0 Å². The second kappa shape index (κ2) is 5.58. The Hall–Kier alpha value is -1.96. The first-order valence-corrected chi connectivity index (χ1v) is 7.37. The molecule has 2 aromatic rings. The summed E-state index contributed by atoms with van der Waals surface area (Å²) >= 11 is 0. The molecule has 2 nitrogen and oxygen atoms in total. The Morgan fingerprint density at radius 3 is 2.60 bits per heavy atom. The largest absolute Gasteiger partial charge is 0.383 e. The minimum atomic E-state index is 0.987. The molecule has 0 amide bonds. The lowest BCUT2D eigenvalue weighted by Gasteiger charge is -2.25. The smallest absolute Gasteiger partial charge is 0.0605 e. The minimum Gasteiger partial charge on any atom is -0.383 e. The van der Waals surface area contributed by atoms with Crippen LogP contribution in [0.25, 0.3) is 0 Å². The standard InChI is InChI=1S/C18H22N2/c1-14-10-15(2)12-16(11-14)13-20-9-5-8-19-17-6-3-4-7-18(17)20/h3-4,6-7,10-12,19H,5,8-9,13H2,1-2H3. The van der Waals surface area contributed by atoms with Crippen molar-refractivity contribution in [3.8, 4) is 0 Å². The summed E-state index contributed by atoms with van der Waals surface area (Å²) in [6, 6.07) is 15.5. The third-order valence-corrected chi connectivity index (χ3v) is 3.82. The molecule has 1 aliphatic heterocycles. The molecule has 1 N–H and O–H groups in total. The van der Waals surface area contributed by atoms with Gasteiger partial charge in [-0.05, 0) is 38.0 Å². The van der Waals surface area contributed by atoms with Crippen molar-refractivity contribution in [3.63, 3.8) is 0 Å². The number of aryl methyl sites for hydroxylation is 2. The van der Waals surface area contributed by atoms with Gasteiger partial charge in [0.2, 0.25) is 0 Å². The molecule has 104 valence electrons. The molecule has 0 aliphatic carbocycles. The molecule has 0 spiro atoms. The summed E-state index contributed by atoms with van der Waals surface area (Å²) < 4.78 is 0. The predicted octanol–water partition coefficient (Wildman–Crippen LogP) is 4.13. The maximum absolute atomic E-state index is 3.52. The number of fused-ring (bicyclic) bond motifs is 1. The van der Waals surface area contributed by atoms with E-state index < -0.39 is 0 Å². The Balaban J connectivity index is 1.90. The maximum Gasteiger partial charge on any atom is 0.0605 e. The first-order chi connectivity index (χ1) is 9.72. The third-order valence-electron chi connectivity index (χ3n) is 3.82. The number of anilines is 2. The molecular formula is C18H22N2. The summed E-state index contributed by atoms with van der Waals surface area (Å²) in [6.45, 7) is 7.50. The summed E-state index contributed by atoms with van der Waals surface area (Å²) in [5.41, 5.74) is 6.68. The van der Waals surface area contributed by atoms with Crippen LogP contribution >= 0.6 is 0 Å².